The summed E-state index contributed by atoms with van der Waals surface area (Å²) in [5, 5.41) is 65.2. The van der Waals surface area contributed by atoms with E-state index in [1.54, 1.807) is 6.92 Å². The number of carboxylic acid groups (broad SMARTS) is 1. The predicted molar refractivity (Wildman–Crippen MR) is 116 cm³/mol. The van der Waals surface area contributed by atoms with Crippen molar-refractivity contribution in [3.8, 4) is 0 Å². The van der Waals surface area contributed by atoms with Crippen molar-refractivity contribution in [3.05, 3.63) is 0 Å². The second-order valence-corrected chi connectivity index (χ2v) is 8.84. The molecule has 2 aliphatic heterocycles. The zero-order valence-corrected chi connectivity index (χ0v) is 20.1. The number of Topliss-reactive ketones (excluding diaryl/α,β-unsaturated/α-hetero) is 1. The highest BCUT2D eigenvalue weighted by Crippen LogP contribution is 2.34. The Morgan fingerprint density at radius 3 is 2.25 bits per heavy atom. The first kappa shape index (κ1) is 30.0. The van der Waals surface area contributed by atoms with E-state index < -0.39 is 104 Å². The van der Waals surface area contributed by atoms with Crippen molar-refractivity contribution < 1.29 is 64.0 Å². The number of carboxylic acids is 1. The first-order chi connectivity index (χ1) is 16.8. The second-order valence-electron chi connectivity index (χ2n) is 8.84. The van der Waals surface area contributed by atoms with E-state index >= 15 is 0 Å². The molecule has 0 aromatic carbocycles. The molecule has 0 radical (unpaired) electrons. The van der Waals surface area contributed by atoms with E-state index in [1.807, 2.05) is 0 Å². The minimum absolute atomic E-state index is 0.255. The third-order valence-electron chi connectivity index (χ3n) is 6.10. The molecule has 2 fully saturated rings. The van der Waals surface area contributed by atoms with Crippen LogP contribution in [-0.2, 0) is 33.4 Å². The fraction of sp³-hybridized carbons (Fsp3) is 0.810. The van der Waals surface area contributed by atoms with Gasteiger partial charge in [-0.2, -0.15) is 0 Å². The normalized spacial score (nSPS) is 36.6. The fourth-order valence-corrected chi connectivity index (χ4v) is 4.27. The summed E-state index contributed by atoms with van der Waals surface area (Å²) in [5.41, 5.74) is 0. The summed E-state index contributed by atoms with van der Waals surface area (Å²) in [7, 11) is 0. The van der Waals surface area contributed by atoms with Gasteiger partial charge < -0.3 is 55.5 Å². The van der Waals surface area contributed by atoms with E-state index in [-0.39, 0.29) is 6.42 Å². The molecule has 2 aliphatic rings. The summed E-state index contributed by atoms with van der Waals surface area (Å²) in [6.45, 7) is 2.30. The van der Waals surface area contributed by atoms with Gasteiger partial charge in [0.25, 0.3) is 5.79 Å². The molecule has 36 heavy (non-hydrogen) atoms. The van der Waals surface area contributed by atoms with Crippen LogP contribution in [0.5, 0.6) is 0 Å². The minimum atomic E-state index is -2.66. The first-order valence-corrected chi connectivity index (χ1v) is 11.4. The van der Waals surface area contributed by atoms with E-state index in [2.05, 4.69) is 10.6 Å². The molecular weight excluding hydrogens is 488 g/mol. The van der Waals surface area contributed by atoms with Crippen LogP contribution in [0.2, 0.25) is 0 Å². The average Bonchev–Trinajstić information content (AvgIpc) is 2.81. The molecule has 0 aliphatic carbocycles. The van der Waals surface area contributed by atoms with E-state index in [9.17, 15) is 49.8 Å². The highest BCUT2D eigenvalue weighted by molar-refractivity contribution is 5.93. The van der Waals surface area contributed by atoms with Crippen LogP contribution in [0.4, 0.5) is 0 Å². The zero-order valence-electron chi connectivity index (χ0n) is 20.1. The number of rotatable bonds is 10. The molecule has 0 spiro atoms. The molecule has 206 valence electrons. The van der Waals surface area contributed by atoms with Crippen LogP contribution < -0.4 is 10.6 Å². The topological polar surface area (TPSA) is 241 Å². The fourth-order valence-electron chi connectivity index (χ4n) is 4.27. The molecule has 10 atom stereocenters. The van der Waals surface area contributed by atoms with Crippen molar-refractivity contribution >= 4 is 23.6 Å². The molecule has 2 saturated heterocycles. The lowest BCUT2D eigenvalue weighted by Crippen LogP contribution is -2.68. The Hall–Kier alpha value is -2.24. The Balaban J connectivity index is 2.28. The van der Waals surface area contributed by atoms with Crippen LogP contribution in [0.3, 0.4) is 0 Å². The standard InChI is InChI=1S/C21H34N2O13/c1-4-12-15(23-9(3)26)18(31)17(30)13(35-12)7-34-21(20(32)33)5-10(27)14(22-8(2)25)19(36-21)16(29)11(28)6-24/h10-17,19,24,27-30H,4-7H2,1-3H3,(H,22,25)(H,23,26)(H,32,33)/t10?,11-,12-,13-,14?,15+,16-,17+,19?,21?/m1/s1. The molecule has 0 saturated carbocycles. The van der Waals surface area contributed by atoms with Gasteiger partial charge in [0.2, 0.25) is 11.8 Å². The van der Waals surface area contributed by atoms with Gasteiger partial charge in [-0.3, -0.25) is 14.4 Å². The summed E-state index contributed by atoms with van der Waals surface area (Å²) in [5.74, 6) is -6.35. The number of aliphatic carboxylic acids is 1. The van der Waals surface area contributed by atoms with Crippen molar-refractivity contribution in [2.24, 2.45) is 0 Å². The number of hydrogen-bond donors (Lipinski definition) is 8. The molecule has 8 N–H and O–H groups in total. The van der Waals surface area contributed by atoms with Crippen molar-refractivity contribution in [1.29, 1.82) is 0 Å². The second kappa shape index (κ2) is 12.3. The number of hydrogen-bond acceptors (Lipinski definition) is 12. The lowest BCUT2D eigenvalue weighted by Gasteiger charge is -2.47. The van der Waals surface area contributed by atoms with Crippen LogP contribution in [0.1, 0.15) is 33.6 Å². The van der Waals surface area contributed by atoms with Crippen LogP contribution in [0, 0.1) is 0 Å². The predicted octanol–water partition coefficient (Wildman–Crippen LogP) is -4.24. The Morgan fingerprint density at radius 1 is 1.14 bits per heavy atom. The molecule has 2 rings (SSSR count). The molecule has 0 aromatic heterocycles. The van der Waals surface area contributed by atoms with Gasteiger partial charge in [-0.15, -0.1) is 0 Å². The third kappa shape index (κ3) is 6.54. The zero-order chi connectivity index (χ0) is 27.4. The maximum Gasteiger partial charge on any atom is 0.364 e. The number of ether oxygens (including phenoxy) is 3. The SMILES string of the molecule is CC[C@H]1O[C@H](COC2(C(=O)O)CC(O)C(NC(C)=O)C([C@H](O)[C@H](O)CO)O2)[C@H](O)C(=O)[C@H]1NC(C)=O. The monoisotopic (exact) mass is 522 g/mol. The van der Waals surface area contributed by atoms with Crippen molar-refractivity contribution in [2.75, 3.05) is 13.2 Å². The average molecular weight is 523 g/mol. The molecule has 0 bridgehead atoms. The van der Waals surface area contributed by atoms with Crippen molar-refractivity contribution in [2.45, 2.75) is 94.2 Å². The number of aliphatic hydroxyl groups is 5. The van der Waals surface area contributed by atoms with E-state index in [0.29, 0.717) is 0 Å². The number of aliphatic hydroxyl groups excluding tert-OH is 5. The summed E-state index contributed by atoms with van der Waals surface area (Å²) < 4.78 is 16.6. The molecule has 15 heteroatoms. The van der Waals surface area contributed by atoms with Gasteiger partial charge in [-0.1, -0.05) is 6.92 Å². The Labute approximate surface area is 206 Å². The van der Waals surface area contributed by atoms with Crippen LogP contribution >= 0.6 is 0 Å². The number of nitrogens with one attached hydrogen (secondary N) is 2. The number of carbonyl (C=O) groups is 4. The Kier molecular flexibility index (Phi) is 10.3. The highest BCUT2D eigenvalue weighted by Gasteiger charge is 2.56. The molecule has 4 unspecified atom stereocenters. The van der Waals surface area contributed by atoms with E-state index in [0.717, 1.165) is 6.92 Å². The largest absolute Gasteiger partial charge is 0.477 e. The van der Waals surface area contributed by atoms with Crippen LogP contribution in [0.25, 0.3) is 0 Å². The van der Waals surface area contributed by atoms with Gasteiger partial charge in [-0.05, 0) is 6.42 Å². The number of amides is 2. The quantitative estimate of drug-likeness (QED) is 0.136. The minimum Gasteiger partial charge on any atom is -0.477 e. The van der Waals surface area contributed by atoms with Gasteiger partial charge in [0.1, 0.15) is 36.6 Å². The van der Waals surface area contributed by atoms with Gasteiger partial charge in [0.15, 0.2) is 5.78 Å². The molecule has 0 aromatic rings. The van der Waals surface area contributed by atoms with Crippen LogP contribution in [-0.4, -0.2) is 128 Å². The maximum atomic E-state index is 12.6. The Bertz CT molecular complexity index is 826. The smallest absolute Gasteiger partial charge is 0.364 e. The third-order valence-corrected chi connectivity index (χ3v) is 6.10. The molecule has 2 amide bonds. The summed E-state index contributed by atoms with van der Waals surface area (Å²) in [4.78, 5) is 47.9. The first-order valence-electron chi connectivity index (χ1n) is 11.4. The maximum absolute atomic E-state index is 12.6. The van der Waals surface area contributed by atoms with Gasteiger partial charge in [0, 0.05) is 20.3 Å². The van der Waals surface area contributed by atoms with Crippen molar-refractivity contribution in [1.82, 2.24) is 10.6 Å². The van der Waals surface area contributed by atoms with E-state index in [1.165, 1.54) is 6.92 Å². The highest BCUT2D eigenvalue weighted by atomic mass is 16.7. The number of ketones is 1. The summed E-state index contributed by atoms with van der Waals surface area (Å²) in [6, 6.07) is -2.51. The molecule has 15 nitrogen and oxygen atoms in total. The van der Waals surface area contributed by atoms with E-state index in [4.69, 9.17) is 14.2 Å². The molecular formula is C21H34N2O13. The van der Waals surface area contributed by atoms with Gasteiger partial charge in [-0.25, -0.2) is 4.79 Å². The lowest BCUT2D eigenvalue weighted by molar-refractivity contribution is -0.319. The lowest BCUT2D eigenvalue weighted by atomic mass is 9.88. The van der Waals surface area contributed by atoms with Gasteiger partial charge >= 0.3 is 5.97 Å². The Morgan fingerprint density at radius 2 is 1.75 bits per heavy atom. The summed E-state index contributed by atoms with van der Waals surface area (Å²) in [6.07, 6.45) is -11.7. The van der Waals surface area contributed by atoms with Crippen LogP contribution in [0.15, 0.2) is 0 Å². The van der Waals surface area contributed by atoms with Crippen molar-refractivity contribution in [3.63, 3.8) is 0 Å². The summed E-state index contributed by atoms with van der Waals surface area (Å²) >= 11 is 0. The van der Waals surface area contributed by atoms with Gasteiger partial charge in [0.05, 0.1) is 31.5 Å². The molecule has 2 heterocycles. The number of carbonyl (C=O) groups excluding carboxylic acids is 3.